The molecule has 0 aliphatic rings. The summed E-state index contributed by atoms with van der Waals surface area (Å²) in [5.41, 5.74) is 1.31. The van der Waals surface area contributed by atoms with Gasteiger partial charge in [0.05, 0.1) is 0 Å². The van der Waals surface area contributed by atoms with Gasteiger partial charge in [0, 0.05) is 6.54 Å². The highest BCUT2D eigenvalue weighted by Crippen LogP contribution is 1.97. The fourth-order valence-corrected chi connectivity index (χ4v) is 1.21. The molecule has 0 fully saturated rings. The van der Waals surface area contributed by atoms with Gasteiger partial charge in [-0.1, -0.05) is 54.6 Å². The maximum Gasteiger partial charge on any atom is 0.0227 e. The zero-order valence-electron chi connectivity index (χ0n) is 8.85. The van der Waals surface area contributed by atoms with E-state index in [4.69, 9.17) is 0 Å². The first kappa shape index (κ1) is 10.7. The molecule has 0 aliphatic carbocycles. The maximum atomic E-state index is 2.16. The van der Waals surface area contributed by atoms with Crippen molar-refractivity contribution < 1.29 is 0 Å². The molecule has 1 rings (SSSR count). The van der Waals surface area contributed by atoms with Crippen molar-refractivity contribution in [2.45, 2.75) is 6.54 Å². The fraction of sp³-hybridized carbons (Fsp3) is 0.231. The Morgan fingerprint density at radius 1 is 0.786 bits per heavy atom. The van der Waals surface area contributed by atoms with E-state index < -0.39 is 0 Å². The maximum absolute atomic E-state index is 2.16. The van der Waals surface area contributed by atoms with E-state index in [0.29, 0.717) is 0 Å². The highest BCUT2D eigenvalue weighted by Gasteiger charge is 1.89. The van der Waals surface area contributed by atoms with Crippen LogP contribution in [-0.4, -0.2) is 19.0 Å². The highest BCUT2D eigenvalue weighted by atomic mass is 15.0. The van der Waals surface area contributed by atoms with E-state index in [-0.39, 0.29) is 0 Å². The van der Waals surface area contributed by atoms with E-state index in [0.717, 1.165) is 6.54 Å². The number of rotatable bonds is 2. The van der Waals surface area contributed by atoms with Crippen LogP contribution in [0.2, 0.25) is 0 Å². The van der Waals surface area contributed by atoms with Crippen molar-refractivity contribution in [1.29, 1.82) is 0 Å². The quantitative estimate of drug-likeness (QED) is 0.688. The van der Waals surface area contributed by atoms with Gasteiger partial charge in [0.2, 0.25) is 0 Å². The second-order valence-corrected chi connectivity index (χ2v) is 3.49. The predicted octanol–water partition coefficient (Wildman–Crippen LogP) is 2.87. The minimum absolute atomic E-state index is 0.971. The molecule has 0 aromatic heterocycles. The second kappa shape index (κ2) is 6.17. The van der Waals surface area contributed by atoms with Gasteiger partial charge in [0.25, 0.3) is 0 Å². The van der Waals surface area contributed by atoms with Gasteiger partial charge in [0.1, 0.15) is 0 Å². The Hall–Kier alpha value is -1.34. The lowest BCUT2D eigenvalue weighted by molar-refractivity contribution is 0.402. The summed E-state index contributed by atoms with van der Waals surface area (Å²) in [5.74, 6) is 0. The summed E-state index contributed by atoms with van der Waals surface area (Å²) < 4.78 is 0. The van der Waals surface area contributed by atoms with Crippen LogP contribution in [0.25, 0.3) is 0 Å². The van der Waals surface area contributed by atoms with Crippen LogP contribution in [0.4, 0.5) is 0 Å². The van der Waals surface area contributed by atoms with Crippen molar-refractivity contribution in [3.63, 3.8) is 0 Å². The summed E-state index contributed by atoms with van der Waals surface area (Å²) in [6.45, 7) is 0.971. The van der Waals surface area contributed by atoms with Crippen molar-refractivity contribution in [2.24, 2.45) is 0 Å². The molecule has 0 atom stereocenters. The third kappa shape index (κ3) is 4.63. The van der Waals surface area contributed by atoms with Gasteiger partial charge in [-0.25, -0.2) is 0 Å². The summed E-state index contributed by atoms with van der Waals surface area (Å²) in [4.78, 5) is 2.16. The summed E-state index contributed by atoms with van der Waals surface area (Å²) in [7, 11) is 4.15. The molecule has 1 heteroatoms. The van der Waals surface area contributed by atoms with E-state index in [1.54, 1.807) is 0 Å². The molecule has 0 spiro atoms. The van der Waals surface area contributed by atoms with Gasteiger partial charge in [0.15, 0.2) is 0 Å². The molecule has 0 N–H and O–H groups in total. The second-order valence-electron chi connectivity index (χ2n) is 3.49. The van der Waals surface area contributed by atoms with Crippen molar-refractivity contribution >= 4 is 0 Å². The van der Waals surface area contributed by atoms with E-state index in [2.05, 4.69) is 43.3 Å². The van der Waals surface area contributed by atoms with E-state index in [1.165, 1.54) is 5.56 Å². The van der Waals surface area contributed by atoms with Crippen molar-refractivity contribution in [2.75, 3.05) is 14.1 Å². The Morgan fingerprint density at radius 2 is 1.21 bits per heavy atom. The Kier molecular flexibility index (Phi) is 4.73. The number of nitrogens with zero attached hydrogens (tertiary/aromatic N) is 1. The zero-order valence-corrected chi connectivity index (χ0v) is 8.85. The van der Waals surface area contributed by atoms with Gasteiger partial charge in [-0.05, 0) is 19.7 Å². The first-order valence-corrected chi connectivity index (χ1v) is 4.81. The molecule has 0 saturated carbocycles. The third-order valence-electron chi connectivity index (χ3n) is 1.79. The number of hydrogen-bond acceptors (Lipinski definition) is 1. The van der Waals surface area contributed by atoms with Gasteiger partial charge >= 0.3 is 0 Å². The molecule has 0 unspecified atom stereocenters. The molecular weight excluding hydrogens is 170 g/mol. The highest BCUT2D eigenvalue weighted by molar-refractivity contribution is 5.11. The summed E-state index contributed by atoms with van der Waals surface area (Å²) in [5, 5.41) is 0. The molecule has 0 saturated heterocycles. The normalized spacial score (nSPS) is 9.64. The molecule has 1 aromatic carbocycles. The molecule has 74 valence electrons. The molecule has 0 aliphatic heterocycles. The van der Waals surface area contributed by atoms with E-state index in [9.17, 15) is 0 Å². The van der Waals surface area contributed by atoms with Crippen molar-refractivity contribution in [1.82, 2.24) is 4.90 Å². The molecule has 0 radical (unpaired) electrons. The van der Waals surface area contributed by atoms with E-state index >= 15 is 0 Å². The topological polar surface area (TPSA) is 3.24 Å². The fourth-order valence-electron chi connectivity index (χ4n) is 1.21. The lowest BCUT2D eigenvalue weighted by atomic mass is 10.2. The monoisotopic (exact) mass is 187 g/mol. The minimum Gasteiger partial charge on any atom is -0.305 e. The van der Waals surface area contributed by atoms with Crippen LogP contribution < -0.4 is 0 Å². The molecule has 14 heavy (non-hydrogen) atoms. The van der Waals surface area contributed by atoms with E-state index in [1.807, 2.05) is 30.3 Å². The Balaban J connectivity index is 2.95. The van der Waals surface area contributed by atoms with Crippen LogP contribution in [0, 0.1) is 0 Å². The van der Waals surface area contributed by atoms with Crippen LogP contribution in [-0.2, 0) is 6.54 Å². The SMILES string of the molecule is CN(C)Cc1ccccccccc1. The average molecular weight is 187 g/mol. The smallest absolute Gasteiger partial charge is 0.0227 e. The molecule has 0 bridgehead atoms. The van der Waals surface area contributed by atoms with Gasteiger partial charge in [-0.15, -0.1) is 0 Å². The zero-order chi connectivity index (χ0) is 10.2. The van der Waals surface area contributed by atoms with Crippen LogP contribution in [0.1, 0.15) is 5.56 Å². The lowest BCUT2D eigenvalue weighted by Crippen LogP contribution is -2.09. The molecule has 0 heterocycles. The Morgan fingerprint density at radius 3 is 1.64 bits per heavy atom. The first-order chi connectivity index (χ1) is 6.79. The summed E-state index contributed by atoms with van der Waals surface area (Å²) in [6.07, 6.45) is 0. The molecule has 1 nitrogen and oxygen atoms in total. The van der Waals surface area contributed by atoms with Crippen molar-refractivity contribution in [3.8, 4) is 0 Å². The van der Waals surface area contributed by atoms with Crippen LogP contribution in [0.15, 0.2) is 54.6 Å². The van der Waals surface area contributed by atoms with Crippen molar-refractivity contribution in [3.05, 3.63) is 60.2 Å². The molecule has 1 aromatic rings. The lowest BCUT2D eigenvalue weighted by Gasteiger charge is -2.07. The minimum atomic E-state index is 0.971. The molecule has 0 amide bonds. The average Bonchev–Trinajstić information content (AvgIpc) is 2.15. The summed E-state index contributed by atoms with van der Waals surface area (Å²) in [6, 6.07) is 18.6. The first-order valence-electron chi connectivity index (χ1n) is 4.81. The standard InChI is InChI=1S/C13H17N/c1-14(2)12-13-10-8-6-4-3-5-7-9-11-13/h3-11H,12H2,1-2H3. The predicted molar refractivity (Wildman–Crippen MR) is 61.5 cm³/mol. The van der Waals surface area contributed by atoms with Crippen LogP contribution in [0.5, 0.6) is 0 Å². The molecular formula is C13H17N. The Bertz CT molecular complexity index is 292. The Labute approximate surface area is 86.3 Å². The van der Waals surface area contributed by atoms with Gasteiger partial charge in [-0.2, -0.15) is 0 Å². The number of hydrogen-bond donors (Lipinski definition) is 0. The largest absolute Gasteiger partial charge is 0.305 e. The third-order valence-corrected chi connectivity index (χ3v) is 1.79. The van der Waals surface area contributed by atoms with Crippen LogP contribution >= 0.6 is 0 Å². The van der Waals surface area contributed by atoms with Gasteiger partial charge < -0.3 is 4.90 Å². The summed E-state index contributed by atoms with van der Waals surface area (Å²) >= 11 is 0. The van der Waals surface area contributed by atoms with Gasteiger partial charge in [-0.3, -0.25) is 0 Å². The van der Waals surface area contributed by atoms with Crippen LogP contribution in [0.3, 0.4) is 0 Å².